The van der Waals surface area contributed by atoms with Crippen molar-refractivity contribution in [2.24, 2.45) is 0 Å². The maximum atomic E-state index is 12.7. The normalized spacial score (nSPS) is 14.2. The van der Waals surface area contributed by atoms with E-state index in [4.69, 9.17) is 16.3 Å². The number of ether oxygens (including phenoxy) is 1. The number of benzene rings is 2. The Balaban J connectivity index is 1.53. The Labute approximate surface area is 167 Å². The van der Waals surface area contributed by atoms with Gasteiger partial charge in [0.15, 0.2) is 0 Å². The molecular formula is C21H19ClN2O2S. The van der Waals surface area contributed by atoms with E-state index < -0.39 is 0 Å². The summed E-state index contributed by atoms with van der Waals surface area (Å²) in [6, 6.07) is 19.3. The van der Waals surface area contributed by atoms with Gasteiger partial charge in [-0.05, 0) is 42.8 Å². The fourth-order valence-corrected chi connectivity index (χ4v) is 4.22. The smallest absolute Gasteiger partial charge is 0.261 e. The molecule has 0 aliphatic carbocycles. The third kappa shape index (κ3) is 3.80. The minimum atomic E-state index is -0.0674. The Morgan fingerprint density at radius 2 is 2.00 bits per heavy atom. The summed E-state index contributed by atoms with van der Waals surface area (Å²) < 4.78 is 5.71. The van der Waals surface area contributed by atoms with E-state index in [9.17, 15) is 4.79 Å². The van der Waals surface area contributed by atoms with Crippen molar-refractivity contribution in [1.29, 1.82) is 0 Å². The predicted molar refractivity (Wildman–Crippen MR) is 111 cm³/mol. The standard InChI is InChI=1S/C21H19ClN2O2S/c1-14(15-5-3-2-4-6-15)23-21(25)19-9-10-20(27-19)24-11-12-26-18-8-7-16(22)13-17(18)24/h2-10,13-14H,11-12H2,1H3,(H,23,25). The first-order valence-corrected chi connectivity index (χ1v) is 9.97. The summed E-state index contributed by atoms with van der Waals surface area (Å²) in [5, 5.41) is 4.73. The van der Waals surface area contributed by atoms with Crippen LogP contribution in [0.2, 0.25) is 5.02 Å². The van der Waals surface area contributed by atoms with Gasteiger partial charge in [-0.2, -0.15) is 0 Å². The molecule has 1 unspecified atom stereocenters. The first-order chi connectivity index (χ1) is 13.1. The largest absolute Gasteiger partial charge is 0.490 e. The number of nitrogens with one attached hydrogen (secondary N) is 1. The number of anilines is 2. The van der Waals surface area contributed by atoms with Gasteiger partial charge in [0, 0.05) is 5.02 Å². The number of hydrogen-bond acceptors (Lipinski definition) is 4. The van der Waals surface area contributed by atoms with Crippen molar-refractivity contribution >= 4 is 39.5 Å². The van der Waals surface area contributed by atoms with E-state index in [1.807, 2.05) is 67.6 Å². The molecule has 6 heteroatoms. The quantitative estimate of drug-likeness (QED) is 0.637. The van der Waals surface area contributed by atoms with Crippen LogP contribution in [0.4, 0.5) is 10.7 Å². The van der Waals surface area contributed by atoms with Gasteiger partial charge in [-0.1, -0.05) is 41.9 Å². The number of nitrogens with zero attached hydrogens (tertiary/aromatic N) is 1. The molecule has 2 aromatic carbocycles. The summed E-state index contributed by atoms with van der Waals surface area (Å²) in [4.78, 5) is 15.5. The molecule has 1 amide bonds. The van der Waals surface area contributed by atoms with Gasteiger partial charge in [0.25, 0.3) is 5.91 Å². The zero-order valence-electron chi connectivity index (χ0n) is 14.8. The molecule has 0 radical (unpaired) electrons. The van der Waals surface area contributed by atoms with E-state index in [1.54, 1.807) is 0 Å². The fourth-order valence-electron chi connectivity index (χ4n) is 3.11. The van der Waals surface area contributed by atoms with Crippen LogP contribution in [0.15, 0.2) is 60.7 Å². The third-order valence-corrected chi connectivity index (χ3v) is 5.86. The highest BCUT2D eigenvalue weighted by Gasteiger charge is 2.22. The molecule has 1 N–H and O–H groups in total. The first-order valence-electron chi connectivity index (χ1n) is 8.77. The van der Waals surface area contributed by atoms with Crippen LogP contribution >= 0.6 is 22.9 Å². The van der Waals surface area contributed by atoms with Gasteiger partial charge < -0.3 is 15.0 Å². The van der Waals surface area contributed by atoms with Crippen LogP contribution in [-0.2, 0) is 0 Å². The van der Waals surface area contributed by atoms with E-state index >= 15 is 0 Å². The number of fused-ring (bicyclic) bond motifs is 1. The van der Waals surface area contributed by atoms with Gasteiger partial charge in [-0.25, -0.2) is 0 Å². The van der Waals surface area contributed by atoms with Crippen molar-refractivity contribution in [3.05, 3.63) is 76.1 Å². The number of rotatable bonds is 4. The van der Waals surface area contributed by atoms with Crippen LogP contribution in [0.1, 0.15) is 28.2 Å². The van der Waals surface area contributed by atoms with Crippen molar-refractivity contribution in [2.75, 3.05) is 18.1 Å². The Morgan fingerprint density at radius 3 is 2.81 bits per heavy atom. The van der Waals surface area contributed by atoms with Gasteiger partial charge >= 0.3 is 0 Å². The van der Waals surface area contributed by atoms with Crippen molar-refractivity contribution in [3.63, 3.8) is 0 Å². The van der Waals surface area contributed by atoms with Crippen LogP contribution < -0.4 is 15.0 Å². The Hall–Kier alpha value is -2.50. The molecule has 3 aromatic rings. The van der Waals surface area contributed by atoms with Crippen molar-refractivity contribution in [1.82, 2.24) is 5.32 Å². The van der Waals surface area contributed by atoms with E-state index in [2.05, 4.69) is 10.2 Å². The number of amides is 1. The average Bonchev–Trinajstić information content (AvgIpc) is 3.18. The maximum Gasteiger partial charge on any atom is 0.261 e. The minimum Gasteiger partial charge on any atom is -0.490 e. The molecule has 4 nitrogen and oxygen atoms in total. The van der Waals surface area contributed by atoms with Gasteiger partial charge in [0.2, 0.25) is 0 Å². The average molecular weight is 399 g/mol. The van der Waals surface area contributed by atoms with Crippen molar-refractivity contribution in [3.8, 4) is 5.75 Å². The molecule has 0 fully saturated rings. The molecule has 1 aliphatic heterocycles. The van der Waals surface area contributed by atoms with Crippen LogP contribution in [0.25, 0.3) is 0 Å². The highest BCUT2D eigenvalue weighted by molar-refractivity contribution is 7.18. The molecule has 27 heavy (non-hydrogen) atoms. The van der Waals surface area contributed by atoms with E-state index in [-0.39, 0.29) is 11.9 Å². The molecule has 0 spiro atoms. The third-order valence-electron chi connectivity index (χ3n) is 4.51. The molecular weight excluding hydrogens is 380 g/mol. The summed E-state index contributed by atoms with van der Waals surface area (Å²) in [5.74, 6) is 0.741. The molecule has 0 saturated heterocycles. The lowest BCUT2D eigenvalue weighted by Crippen LogP contribution is -2.28. The highest BCUT2D eigenvalue weighted by atomic mass is 35.5. The first kappa shape index (κ1) is 17.9. The number of hydrogen-bond donors (Lipinski definition) is 1. The van der Waals surface area contributed by atoms with E-state index in [0.717, 1.165) is 28.5 Å². The molecule has 0 bridgehead atoms. The zero-order chi connectivity index (χ0) is 18.8. The highest BCUT2D eigenvalue weighted by Crippen LogP contribution is 2.40. The molecule has 4 rings (SSSR count). The van der Waals surface area contributed by atoms with Crippen LogP contribution in [-0.4, -0.2) is 19.1 Å². The summed E-state index contributed by atoms with van der Waals surface area (Å²) >= 11 is 7.63. The molecule has 138 valence electrons. The van der Waals surface area contributed by atoms with Crippen LogP contribution in [0, 0.1) is 0 Å². The Morgan fingerprint density at radius 1 is 1.19 bits per heavy atom. The second kappa shape index (κ2) is 7.62. The van der Waals surface area contributed by atoms with E-state index in [1.165, 1.54) is 11.3 Å². The fraction of sp³-hybridized carbons (Fsp3) is 0.190. The van der Waals surface area contributed by atoms with Gasteiger partial charge in [-0.15, -0.1) is 11.3 Å². The predicted octanol–water partition coefficient (Wildman–Crippen LogP) is 5.42. The topological polar surface area (TPSA) is 41.6 Å². The molecule has 1 atom stereocenters. The second-order valence-electron chi connectivity index (χ2n) is 6.36. The summed E-state index contributed by atoms with van der Waals surface area (Å²) in [6.45, 7) is 3.30. The number of thiophene rings is 1. The molecule has 1 aliphatic rings. The van der Waals surface area contributed by atoms with E-state index in [0.29, 0.717) is 16.5 Å². The minimum absolute atomic E-state index is 0.0489. The Kier molecular flexibility index (Phi) is 5.05. The zero-order valence-corrected chi connectivity index (χ0v) is 16.4. The number of carbonyl (C=O) groups excluding carboxylic acids is 1. The SMILES string of the molecule is CC(NC(=O)c1ccc(N2CCOc3ccc(Cl)cc32)s1)c1ccccc1. The van der Waals surface area contributed by atoms with Gasteiger partial charge in [0.1, 0.15) is 12.4 Å². The van der Waals surface area contributed by atoms with Gasteiger partial charge in [0.05, 0.1) is 28.2 Å². The summed E-state index contributed by atoms with van der Waals surface area (Å²) in [6.07, 6.45) is 0. The maximum absolute atomic E-state index is 12.7. The van der Waals surface area contributed by atoms with Crippen molar-refractivity contribution in [2.45, 2.75) is 13.0 Å². The number of halogens is 1. The molecule has 1 aromatic heterocycles. The second-order valence-corrected chi connectivity index (χ2v) is 7.85. The molecule has 0 saturated carbocycles. The van der Waals surface area contributed by atoms with Gasteiger partial charge in [-0.3, -0.25) is 4.79 Å². The lowest BCUT2D eigenvalue weighted by molar-refractivity contribution is 0.0944. The summed E-state index contributed by atoms with van der Waals surface area (Å²) in [5.41, 5.74) is 2.01. The monoisotopic (exact) mass is 398 g/mol. The van der Waals surface area contributed by atoms with Crippen molar-refractivity contribution < 1.29 is 9.53 Å². The number of carbonyl (C=O) groups is 1. The van der Waals surface area contributed by atoms with Crippen LogP contribution in [0.3, 0.4) is 0 Å². The Bertz CT molecular complexity index is 958. The lowest BCUT2D eigenvalue weighted by atomic mass is 10.1. The molecule has 2 heterocycles. The van der Waals surface area contributed by atoms with Crippen LogP contribution in [0.5, 0.6) is 5.75 Å². The summed E-state index contributed by atoms with van der Waals surface area (Å²) in [7, 11) is 0. The lowest BCUT2D eigenvalue weighted by Gasteiger charge is -2.30.